The number of hydrogen-bond donors (Lipinski definition) is 1. The van der Waals surface area contributed by atoms with Crippen LogP contribution in [-0.4, -0.2) is 33.6 Å². The Balaban J connectivity index is 3.35. The quantitative estimate of drug-likeness (QED) is 0.752. The number of H-pyrrole nitrogens is 1. The van der Waals surface area contributed by atoms with Gasteiger partial charge in [0.05, 0.1) is 0 Å². The van der Waals surface area contributed by atoms with Gasteiger partial charge in [0.1, 0.15) is 0 Å². The van der Waals surface area contributed by atoms with Gasteiger partial charge in [-0.15, -0.1) is 0 Å². The van der Waals surface area contributed by atoms with Gasteiger partial charge in [-0.2, -0.15) is 0 Å². The van der Waals surface area contributed by atoms with E-state index in [9.17, 15) is 0 Å². The molecule has 1 aromatic heterocycles. The summed E-state index contributed by atoms with van der Waals surface area (Å²) in [5.41, 5.74) is 0. The summed E-state index contributed by atoms with van der Waals surface area (Å²) in [5, 5.41) is 7.41. The van der Waals surface area contributed by atoms with Gasteiger partial charge in [-0.05, 0) is 0 Å². The molecule has 3 atom stereocenters. The molecule has 0 aliphatic rings. The zero-order chi connectivity index (χ0) is 13.8. The first-order valence-electron chi connectivity index (χ1n) is 7.41. The molecular formula is C14H29N3Sn. The summed E-state index contributed by atoms with van der Waals surface area (Å²) < 4.78 is 3.74. The Bertz CT molecular complexity index is 310. The van der Waals surface area contributed by atoms with Gasteiger partial charge in [0, 0.05) is 0 Å². The van der Waals surface area contributed by atoms with Crippen molar-refractivity contribution in [3.8, 4) is 0 Å². The van der Waals surface area contributed by atoms with Crippen LogP contribution >= 0.6 is 0 Å². The van der Waals surface area contributed by atoms with Crippen LogP contribution in [0.3, 0.4) is 0 Å². The molecule has 0 aromatic carbocycles. The first kappa shape index (κ1) is 16.0. The Morgan fingerprint density at radius 1 is 1.00 bits per heavy atom. The molecule has 3 nitrogen and oxygen atoms in total. The number of hydrogen-bond acceptors (Lipinski definition) is 2. The van der Waals surface area contributed by atoms with Crippen LogP contribution in [0.5, 0.6) is 0 Å². The molecule has 4 heteroatoms. The van der Waals surface area contributed by atoms with Gasteiger partial charge < -0.3 is 0 Å². The third kappa shape index (κ3) is 2.61. The van der Waals surface area contributed by atoms with Crippen molar-refractivity contribution < 1.29 is 0 Å². The van der Waals surface area contributed by atoms with Crippen molar-refractivity contribution in [3.05, 3.63) is 6.33 Å². The average molecular weight is 358 g/mol. The fourth-order valence-electron chi connectivity index (χ4n) is 3.58. The topological polar surface area (TPSA) is 41.6 Å². The van der Waals surface area contributed by atoms with Crippen molar-refractivity contribution in [2.24, 2.45) is 0 Å². The van der Waals surface area contributed by atoms with Crippen molar-refractivity contribution in [1.82, 2.24) is 15.2 Å². The monoisotopic (exact) mass is 359 g/mol. The second-order valence-corrected chi connectivity index (χ2v) is 20.8. The summed E-state index contributed by atoms with van der Waals surface area (Å²) in [7, 11) is 0. The molecule has 0 bridgehead atoms. The second kappa shape index (κ2) is 6.92. The fourth-order valence-corrected chi connectivity index (χ4v) is 23.2. The average Bonchev–Trinajstić information content (AvgIpc) is 2.92. The van der Waals surface area contributed by atoms with Crippen LogP contribution in [0.4, 0.5) is 0 Å². The number of nitrogens with zero attached hydrogens (tertiary/aromatic N) is 2. The van der Waals surface area contributed by atoms with E-state index < -0.39 is 18.4 Å². The molecule has 0 aliphatic carbocycles. The molecule has 0 radical (unpaired) electrons. The maximum atomic E-state index is 4.62. The SMILES string of the molecule is CC[CH](C)[Sn]([c]1ncn[nH]1)([CH](C)CC)[CH](C)CC. The molecule has 104 valence electrons. The molecule has 3 unspecified atom stereocenters. The minimum absolute atomic E-state index is 0.817. The summed E-state index contributed by atoms with van der Waals surface area (Å²) in [6, 6.07) is 0. The molecule has 0 fully saturated rings. The van der Waals surface area contributed by atoms with Gasteiger partial charge in [0.15, 0.2) is 0 Å². The van der Waals surface area contributed by atoms with Crippen molar-refractivity contribution in [2.45, 2.75) is 72.6 Å². The molecule has 1 rings (SSSR count). The van der Waals surface area contributed by atoms with E-state index in [4.69, 9.17) is 0 Å². The minimum atomic E-state index is -2.57. The zero-order valence-electron chi connectivity index (χ0n) is 12.8. The Kier molecular flexibility index (Phi) is 6.15. The number of rotatable bonds is 7. The molecule has 1 heterocycles. The van der Waals surface area contributed by atoms with Crippen molar-refractivity contribution in [2.75, 3.05) is 0 Å². The molecule has 1 N–H and O–H groups in total. The van der Waals surface area contributed by atoms with E-state index in [2.05, 4.69) is 56.7 Å². The Morgan fingerprint density at radius 3 is 1.72 bits per heavy atom. The van der Waals surface area contributed by atoms with Crippen LogP contribution in [0, 0.1) is 0 Å². The van der Waals surface area contributed by atoms with E-state index in [-0.39, 0.29) is 0 Å². The van der Waals surface area contributed by atoms with Gasteiger partial charge in [-0.3, -0.25) is 0 Å². The number of aromatic nitrogens is 3. The molecule has 1 aromatic rings. The van der Waals surface area contributed by atoms with Crippen molar-refractivity contribution in [3.63, 3.8) is 0 Å². The van der Waals surface area contributed by atoms with Crippen LogP contribution in [0.1, 0.15) is 60.8 Å². The first-order valence-corrected chi connectivity index (χ1v) is 13.8. The van der Waals surface area contributed by atoms with Crippen LogP contribution in [0.2, 0.25) is 11.8 Å². The molecule has 0 saturated carbocycles. The molecule has 0 saturated heterocycles. The van der Waals surface area contributed by atoms with Gasteiger partial charge >= 0.3 is 116 Å². The molecular weight excluding hydrogens is 329 g/mol. The van der Waals surface area contributed by atoms with Crippen LogP contribution in [0.25, 0.3) is 0 Å². The molecule has 0 spiro atoms. The standard InChI is InChI=1S/3C4H9.C2H2N3.Sn/c3*1-3-4-2;1-3-2-5-4-1;/h3*3H,4H2,1-2H3;1H,(H,3,4,5);. The van der Waals surface area contributed by atoms with Crippen LogP contribution in [-0.2, 0) is 0 Å². The summed E-state index contributed by atoms with van der Waals surface area (Å²) in [6.07, 6.45) is 5.51. The summed E-state index contributed by atoms with van der Waals surface area (Å²) >= 11 is -2.57. The van der Waals surface area contributed by atoms with Gasteiger partial charge in [-0.1, -0.05) is 0 Å². The number of nitrogens with one attached hydrogen (secondary N) is 1. The van der Waals surface area contributed by atoms with E-state index in [0.717, 1.165) is 11.8 Å². The Labute approximate surface area is 116 Å². The second-order valence-electron chi connectivity index (χ2n) is 5.69. The van der Waals surface area contributed by atoms with Gasteiger partial charge in [-0.25, -0.2) is 0 Å². The van der Waals surface area contributed by atoms with Crippen LogP contribution < -0.4 is 3.84 Å². The molecule has 0 amide bonds. The maximum absolute atomic E-state index is 4.62. The van der Waals surface area contributed by atoms with Crippen molar-refractivity contribution in [1.29, 1.82) is 0 Å². The summed E-state index contributed by atoms with van der Waals surface area (Å²) in [4.78, 5) is 4.62. The van der Waals surface area contributed by atoms with Gasteiger partial charge in [0.2, 0.25) is 0 Å². The Hall–Kier alpha value is -0.0613. The van der Waals surface area contributed by atoms with Crippen LogP contribution in [0.15, 0.2) is 6.33 Å². The predicted octanol–water partition coefficient (Wildman–Crippen LogP) is 3.86. The van der Waals surface area contributed by atoms with E-state index in [1.807, 2.05) is 0 Å². The first-order chi connectivity index (χ1) is 8.55. The van der Waals surface area contributed by atoms with E-state index >= 15 is 0 Å². The zero-order valence-corrected chi connectivity index (χ0v) is 15.7. The third-order valence-electron chi connectivity index (χ3n) is 5.11. The van der Waals surface area contributed by atoms with Gasteiger partial charge in [0.25, 0.3) is 0 Å². The molecule has 0 aliphatic heterocycles. The predicted molar refractivity (Wildman–Crippen MR) is 80.9 cm³/mol. The molecule has 18 heavy (non-hydrogen) atoms. The summed E-state index contributed by atoms with van der Waals surface area (Å²) in [6.45, 7) is 14.4. The summed E-state index contributed by atoms with van der Waals surface area (Å²) in [5.74, 6) is 0. The van der Waals surface area contributed by atoms with E-state index in [1.165, 1.54) is 23.1 Å². The van der Waals surface area contributed by atoms with E-state index in [0.29, 0.717) is 0 Å². The number of aromatic amines is 1. The Morgan fingerprint density at radius 2 is 1.44 bits per heavy atom. The normalized spacial score (nSPS) is 20.1. The van der Waals surface area contributed by atoms with Crippen molar-refractivity contribution >= 4 is 22.2 Å². The fraction of sp³-hybridized carbons (Fsp3) is 0.857. The van der Waals surface area contributed by atoms with E-state index in [1.54, 1.807) is 6.33 Å². The third-order valence-corrected chi connectivity index (χ3v) is 25.6.